The summed E-state index contributed by atoms with van der Waals surface area (Å²) < 4.78 is 38.8. The first-order valence-electron chi connectivity index (χ1n) is 5.18. The standard InChI is InChI=1S/C13H9F3IN/c1-8-3-2-6-18-12(8)10-7-9(13(14,15)16)4-5-11(10)17/h2-7H,1H3. The summed E-state index contributed by atoms with van der Waals surface area (Å²) >= 11 is 2.02. The molecule has 1 nitrogen and oxygen atoms in total. The number of aromatic nitrogens is 1. The fourth-order valence-electron chi connectivity index (χ4n) is 1.65. The lowest BCUT2D eigenvalue weighted by Crippen LogP contribution is -2.05. The van der Waals surface area contributed by atoms with E-state index in [9.17, 15) is 13.2 Å². The zero-order chi connectivity index (χ0) is 13.3. The molecule has 0 saturated carbocycles. The Balaban J connectivity index is 2.61. The van der Waals surface area contributed by atoms with Gasteiger partial charge in [0, 0.05) is 15.3 Å². The molecule has 0 radical (unpaired) electrons. The number of hydrogen-bond acceptors (Lipinski definition) is 1. The van der Waals surface area contributed by atoms with E-state index >= 15 is 0 Å². The van der Waals surface area contributed by atoms with Crippen molar-refractivity contribution in [2.75, 3.05) is 0 Å². The van der Waals surface area contributed by atoms with Crippen molar-refractivity contribution in [1.29, 1.82) is 0 Å². The van der Waals surface area contributed by atoms with Gasteiger partial charge in [-0.2, -0.15) is 13.2 Å². The fraction of sp³-hybridized carbons (Fsp3) is 0.154. The van der Waals surface area contributed by atoms with Crippen LogP contribution in [0.1, 0.15) is 11.1 Å². The smallest absolute Gasteiger partial charge is 0.256 e. The first-order valence-corrected chi connectivity index (χ1v) is 6.26. The van der Waals surface area contributed by atoms with Crippen LogP contribution in [0.3, 0.4) is 0 Å². The Morgan fingerprint density at radius 2 is 1.89 bits per heavy atom. The van der Waals surface area contributed by atoms with Crippen molar-refractivity contribution in [1.82, 2.24) is 4.98 Å². The molecule has 5 heteroatoms. The Kier molecular flexibility index (Phi) is 3.61. The highest BCUT2D eigenvalue weighted by Crippen LogP contribution is 2.34. The van der Waals surface area contributed by atoms with E-state index in [0.717, 1.165) is 21.3 Å². The molecule has 1 aromatic carbocycles. The van der Waals surface area contributed by atoms with Gasteiger partial charge in [-0.1, -0.05) is 6.07 Å². The van der Waals surface area contributed by atoms with Crippen molar-refractivity contribution in [3.63, 3.8) is 0 Å². The second-order valence-electron chi connectivity index (χ2n) is 3.86. The van der Waals surface area contributed by atoms with Crippen molar-refractivity contribution in [2.45, 2.75) is 13.1 Å². The Labute approximate surface area is 116 Å². The minimum absolute atomic E-state index is 0.517. The Bertz CT molecular complexity index is 579. The number of halogens is 4. The fourth-order valence-corrected chi connectivity index (χ4v) is 2.24. The second kappa shape index (κ2) is 4.87. The van der Waals surface area contributed by atoms with Crippen molar-refractivity contribution in [3.8, 4) is 11.3 Å². The highest BCUT2D eigenvalue weighted by Gasteiger charge is 2.31. The van der Waals surface area contributed by atoms with Crippen LogP contribution in [0.5, 0.6) is 0 Å². The van der Waals surface area contributed by atoms with Crippen molar-refractivity contribution in [3.05, 3.63) is 51.2 Å². The lowest BCUT2D eigenvalue weighted by atomic mass is 10.0. The second-order valence-corrected chi connectivity index (χ2v) is 5.02. The number of aryl methyl sites for hydroxylation is 1. The van der Waals surface area contributed by atoms with E-state index in [-0.39, 0.29) is 0 Å². The van der Waals surface area contributed by atoms with Crippen LogP contribution in [0.2, 0.25) is 0 Å². The average Bonchev–Trinajstić information content (AvgIpc) is 2.29. The van der Waals surface area contributed by atoms with Gasteiger partial charge in [0.1, 0.15) is 0 Å². The molecule has 0 unspecified atom stereocenters. The summed E-state index contributed by atoms with van der Waals surface area (Å²) in [5.74, 6) is 0. The van der Waals surface area contributed by atoms with Gasteiger partial charge < -0.3 is 0 Å². The molecular weight excluding hydrogens is 354 g/mol. The molecule has 2 rings (SSSR count). The normalized spacial score (nSPS) is 11.6. The molecule has 1 aromatic heterocycles. The minimum Gasteiger partial charge on any atom is -0.256 e. The molecule has 0 aliphatic rings. The summed E-state index contributed by atoms with van der Waals surface area (Å²) in [4.78, 5) is 4.16. The summed E-state index contributed by atoms with van der Waals surface area (Å²) in [5.41, 5.74) is 1.31. The summed E-state index contributed by atoms with van der Waals surface area (Å²) in [6, 6.07) is 7.30. The Hall–Kier alpha value is -1.11. The monoisotopic (exact) mass is 363 g/mol. The molecule has 94 valence electrons. The molecular formula is C13H9F3IN. The number of alkyl halides is 3. The molecule has 0 bridgehead atoms. The highest BCUT2D eigenvalue weighted by molar-refractivity contribution is 14.1. The predicted molar refractivity (Wildman–Crippen MR) is 72.1 cm³/mol. The van der Waals surface area contributed by atoms with Crippen molar-refractivity contribution < 1.29 is 13.2 Å². The van der Waals surface area contributed by atoms with E-state index in [0.29, 0.717) is 11.3 Å². The summed E-state index contributed by atoms with van der Waals surface area (Å²) in [5, 5.41) is 0. The maximum absolute atomic E-state index is 12.7. The third-order valence-electron chi connectivity index (χ3n) is 2.56. The van der Waals surface area contributed by atoms with E-state index in [1.807, 2.05) is 35.6 Å². The lowest BCUT2D eigenvalue weighted by molar-refractivity contribution is -0.137. The first-order chi connectivity index (χ1) is 8.39. The van der Waals surface area contributed by atoms with Gasteiger partial charge in [-0.3, -0.25) is 4.98 Å². The van der Waals surface area contributed by atoms with Crippen LogP contribution in [0.25, 0.3) is 11.3 Å². The van der Waals surface area contributed by atoms with Crippen LogP contribution in [0.4, 0.5) is 13.2 Å². The number of rotatable bonds is 1. The Morgan fingerprint density at radius 1 is 1.17 bits per heavy atom. The maximum Gasteiger partial charge on any atom is 0.416 e. The number of pyridine rings is 1. The summed E-state index contributed by atoms with van der Waals surface area (Å²) in [7, 11) is 0. The minimum atomic E-state index is -4.33. The van der Waals surface area contributed by atoms with E-state index in [2.05, 4.69) is 4.98 Å². The topological polar surface area (TPSA) is 12.9 Å². The van der Waals surface area contributed by atoms with Gasteiger partial charge in [0.15, 0.2) is 0 Å². The predicted octanol–water partition coefficient (Wildman–Crippen LogP) is 4.68. The van der Waals surface area contributed by atoms with Gasteiger partial charge in [0.05, 0.1) is 11.3 Å². The third kappa shape index (κ3) is 2.66. The van der Waals surface area contributed by atoms with Crippen LogP contribution in [0, 0.1) is 10.5 Å². The van der Waals surface area contributed by atoms with E-state index in [1.165, 1.54) is 6.07 Å². The van der Waals surface area contributed by atoms with Gasteiger partial charge in [-0.15, -0.1) is 0 Å². The third-order valence-corrected chi connectivity index (χ3v) is 3.50. The molecule has 1 heterocycles. The molecule has 18 heavy (non-hydrogen) atoms. The van der Waals surface area contributed by atoms with E-state index < -0.39 is 11.7 Å². The van der Waals surface area contributed by atoms with Crippen LogP contribution in [-0.4, -0.2) is 4.98 Å². The van der Waals surface area contributed by atoms with Crippen molar-refractivity contribution in [2.24, 2.45) is 0 Å². The highest BCUT2D eigenvalue weighted by atomic mass is 127. The molecule has 0 atom stereocenters. The molecule has 0 spiro atoms. The first kappa shape index (κ1) is 13.3. The molecule has 2 aromatic rings. The molecule has 0 aliphatic heterocycles. The van der Waals surface area contributed by atoms with Gasteiger partial charge in [-0.25, -0.2) is 0 Å². The molecule has 0 saturated heterocycles. The quantitative estimate of drug-likeness (QED) is 0.671. The molecule has 0 fully saturated rings. The van der Waals surface area contributed by atoms with Gasteiger partial charge in [0.25, 0.3) is 0 Å². The zero-order valence-corrected chi connectivity index (χ0v) is 11.6. The number of nitrogens with zero attached hydrogens (tertiary/aromatic N) is 1. The van der Waals surface area contributed by atoms with Gasteiger partial charge >= 0.3 is 6.18 Å². The van der Waals surface area contributed by atoms with Crippen LogP contribution < -0.4 is 0 Å². The Morgan fingerprint density at radius 3 is 2.50 bits per heavy atom. The molecule has 0 aliphatic carbocycles. The zero-order valence-electron chi connectivity index (χ0n) is 9.42. The van der Waals surface area contributed by atoms with Crippen LogP contribution >= 0.6 is 22.6 Å². The van der Waals surface area contributed by atoms with Crippen LogP contribution in [-0.2, 0) is 6.18 Å². The largest absolute Gasteiger partial charge is 0.416 e. The number of benzene rings is 1. The molecule has 0 amide bonds. The molecule has 0 N–H and O–H groups in total. The van der Waals surface area contributed by atoms with Gasteiger partial charge in [-0.05, 0) is 59.3 Å². The van der Waals surface area contributed by atoms with Crippen molar-refractivity contribution >= 4 is 22.6 Å². The van der Waals surface area contributed by atoms with E-state index in [1.54, 1.807) is 12.3 Å². The van der Waals surface area contributed by atoms with E-state index in [4.69, 9.17) is 0 Å². The lowest BCUT2D eigenvalue weighted by Gasteiger charge is -2.11. The van der Waals surface area contributed by atoms with Gasteiger partial charge in [0.2, 0.25) is 0 Å². The summed E-state index contributed by atoms with van der Waals surface area (Å²) in [6.45, 7) is 1.83. The average molecular weight is 363 g/mol. The van der Waals surface area contributed by atoms with Crippen LogP contribution in [0.15, 0.2) is 36.5 Å². The SMILES string of the molecule is Cc1cccnc1-c1cc(C(F)(F)F)ccc1I. The number of hydrogen-bond donors (Lipinski definition) is 0. The summed E-state index contributed by atoms with van der Waals surface area (Å²) in [6.07, 6.45) is -2.75. The maximum atomic E-state index is 12.7.